The topological polar surface area (TPSA) is 158 Å². The monoisotopic (exact) mass is 395 g/mol. The van der Waals surface area contributed by atoms with Crippen LogP contribution in [0.15, 0.2) is 34.5 Å². The average molecular weight is 395 g/mol. The zero-order valence-corrected chi connectivity index (χ0v) is 14.7. The van der Waals surface area contributed by atoms with E-state index in [2.05, 4.69) is 22.0 Å². The molecule has 26 heavy (non-hydrogen) atoms. The number of nitrogens with two attached hydrogens (primary N) is 1. The van der Waals surface area contributed by atoms with Gasteiger partial charge in [-0.25, -0.2) is 9.78 Å². The number of carbonyl (C=O) groups excluding carboxylic acids is 2. The molecule has 12 heteroatoms. The highest BCUT2D eigenvalue weighted by Crippen LogP contribution is 2.40. The van der Waals surface area contributed by atoms with Crippen molar-refractivity contribution >= 4 is 51.7 Å². The highest BCUT2D eigenvalue weighted by molar-refractivity contribution is 8.00. The van der Waals surface area contributed by atoms with Crippen LogP contribution in [0.3, 0.4) is 0 Å². The molecule has 2 aliphatic rings. The molecule has 3 heterocycles. The number of amides is 2. The Morgan fingerprint density at radius 2 is 2.27 bits per heavy atom. The van der Waals surface area contributed by atoms with Crippen LogP contribution in [0.1, 0.15) is 5.69 Å². The molecule has 2 atom stereocenters. The highest BCUT2D eigenvalue weighted by Gasteiger charge is 2.54. The van der Waals surface area contributed by atoms with Gasteiger partial charge in [-0.1, -0.05) is 17.8 Å². The highest BCUT2D eigenvalue weighted by atomic mass is 32.2. The molecule has 2 aliphatic heterocycles. The molecule has 1 aromatic rings. The van der Waals surface area contributed by atoms with Gasteiger partial charge < -0.3 is 21.4 Å². The number of carboxylic acid groups (broad SMARTS) is 1. The molecule has 0 aliphatic carbocycles. The summed E-state index contributed by atoms with van der Waals surface area (Å²) in [5.74, 6) is -2.27. The van der Waals surface area contributed by atoms with E-state index in [1.165, 1.54) is 23.2 Å². The normalized spacial score (nSPS) is 22.5. The van der Waals surface area contributed by atoms with Gasteiger partial charge in [0.25, 0.3) is 11.8 Å². The molecule has 0 aromatic carbocycles. The van der Waals surface area contributed by atoms with Crippen molar-refractivity contribution in [2.75, 3.05) is 11.5 Å². The number of nitrogens with one attached hydrogen (secondary N) is 1. The van der Waals surface area contributed by atoms with Crippen molar-refractivity contribution in [2.45, 2.75) is 11.4 Å². The summed E-state index contributed by atoms with van der Waals surface area (Å²) in [7, 11) is 0. The van der Waals surface area contributed by atoms with Gasteiger partial charge in [0.05, 0.1) is 0 Å². The lowest BCUT2D eigenvalue weighted by atomic mass is 10.0. The van der Waals surface area contributed by atoms with E-state index in [-0.39, 0.29) is 22.2 Å². The minimum Gasteiger partial charge on any atom is -0.477 e. The maximum atomic E-state index is 12.4. The average Bonchev–Trinajstić information content (AvgIpc) is 3.04. The Morgan fingerprint density at radius 1 is 1.54 bits per heavy atom. The lowest BCUT2D eigenvalue weighted by Crippen LogP contribution is -2.71. The third kappa shape index (κ3) is 2.82. The van der Waals surface area contributed by atoms with Gasteiger partial charge in [0.2, 0.25) is 0 Å². The summed E-state index contributed by atoms with van der Waals surface area (Å²) in [5, 5.41) is 24.9. The van der Waals surface area contributed by atoms with E-state index < -0.39 is 29.2 Å². The van der Waals surface area contributed by atoms with Gasteiger partial charge in [-0.2, -0.15) is 0 Å². The quantitative estimate of drug-likeness (QED) is 0.231. The van der Waals surface area contributed by atoms with Crippen LogP contribution in [0.5, 0.6) is 0 Å². The van der Waals surface area contributed by atoms with E-state index in [9.17, 15) is 19.5 Å². The predicted molar refractivity (Wildman–Crippen MR) is 94.7 cm³/mol. The lowest BCUT2D eigenvalue weighted by molar-refractivity contribution is -0.150. The summed E-state index contributed by atoms with van der Waals surface area (Å²) in [5.41, 5.74) is 5.49. The van der Waals surface area contributed by atoms with Crippen LogP contribution < -0.4 is 11.1 Å². The maximum Gasteiger partial charge on any atom is 0.352 e. The van der Waals surface area contributed by atoms with Crippen LogP contribution in [0.2, 0.25) is 0 Å². The number of nitrogens with zero attached hydrogens (tertiary/aromatic N) is 3. The summed E-state index contributed by atoms with van der Waals surface area (Å²) in [6, 6.07) is -0.944. The molecule has 5 N–H and O–H groups in total. The number of fused-ring (bicyclic) bond motifs is 1. The zero-order chi connectivity index (χ0) is 19.0. The molecule has 1 saturated heterocycles. The molecule has 3 rings (SSSR count). The van der Waals surface area contributed by atoms with Crippen LogP contribution in [0.25, 0.3) is 0 Å². The van der Waals surface area contributed by atoms with Crippen LogP contribution in [0.4, 0.5) is 5.13 Å². The lowest BCUT2D eigenvalue weighted by Gasteiger charge is -2.49. The minimum absolute atomic E-state index is 0.0764. The number of anilines is 1. The molecule has 1 aromatic heterocycles. The second kappa shape index (κ2) is 6.80. The fourth-order valence-electron chi connectivity index (χ4n) is 2.62. The van der Waals surface area contributed by atoms with Crippen molar-refractivity contribution in [3.05, 3.63) is 35.0 Å². The van der Waals surface area contributed by atoms with Gasteiger partial charge in [0.15, 0.2) is 10.8 Å². The molecule has 1 fully saturated rings. The third-order valence-corrected chi connectivity index (χ3v) is 5.79. The number of hydrogen-bond donors (Lipinski definition) is 4. The number of oxime groups is 1. The Hall–Kier alpha value is -2.86. The Morgan fingerprint density at radius 3 is 2.81 bits per heavy atom. The number of nitrogen functional groups attached to an aromatic ring is 1. The number of carboxylic acids is 1. The number of rotatable bonds is 5. The number of aliphatic carboxylic acids is 1. The number of carbonyl (C=O) groups is 3. The first-order chi connectivity index (χ1) is 12.4. The number of hydrogen-bond acceptors (Lipinski definition) is 9. The molecule has 0 bridgehead atoms. The Balaban J connectivity index is 1.78. The van der Waals surface area contributed by atoms with Crippen molar-refractivity contribution in [1.29, 1.82) is 0 Å². The smallest absolute Gasteiger partial charge is 0.352 e. The van der Waals surface area contributed by atoms with E-state index in [1.54, 1.807) is 0 Å². The van der Waals surface area contributed by atoms with Crippen molar-refractivity contribution < 1.29 is 24.7 Å². The number of thioether (sulfide) groups is 1. The largest absolute Gasteiger partial charge is 0.477 e. The molecular weight excluding hydrogens is 382 g/mol. The second-order valence-corrected chi connectivity index (χ2v) is 7.26. The molecule has 0 radical (unpaired) electrons. The molecule has 10 nitrogen and oxygen atoms in total. The van der Waals surface area contributed by atoms with Crippen LogP contribution >= 0.6 is 23.1 Å². The summed E-state index contributed by atoms with van der Waals surface area (Å²) in [4.78, 5) is 41.2. The predicted octanol–water partition coefficient (Wildman–Crippen LogP) is -0.172. The molecule has 136 valence electrons. The first-order valence-corrected chi connectivity index (χ1v) is 9.09. The fourth-order valence-corrected chi connectivity index (χ4v) is 4.51. The van der Waals surface area contributed by atoms with Gasteiger partial charge in [-0.05, 0) is 5.57 Å². The number of thiazole rings is 1. The van der Waals surface area contributed by atoms with Crippen LogP contribution in [-0.2, 0) is 14.4 Å². The van der Waals surface area contributed by atoms with Crippen molar-refractivity contribution in [3.63, 3.8) is 0 Å². The van der Waals surface area contributed by atoms with Crippen molar-refractivity contribution in [2.24, 2.45) is 5.16 Å². The summed E-state index contributed by atoms with van der Waals surface area (Å²) in [6.07, 6.45) is 1.40. The van der Waals surface area contributed by atoms with Gasteiger partial charge in [-0.3, -0.25) is 14.5 Å². The third-order valence-electron chi connectivity index (χ3n) is 3.81. The maximum absolute atomic E-state index is 12.4. The summed E-state index contributed by atoms with van der Waals surface area (Å²) in [6.45, 7) is 3.56. The van der Waals surface area contributed by atoms with E-state index in [0.717, 1.165) is 16.2 Å². The van der Waals surface area contributed by atoms with Gasteiger partial charge >= 0.3 is 5.97 Å². The number of β-lactam (4-membered cyclic amide) rings is 1. The molecule has 0 saturated carbocycles. The standard InChI is InChI=1S/C14H13N5O5S2/c1-2-5-3-25-12-8(11(21)19(12)9(5)13(22)23)17-10(20)7(18-24)6-4-26-14(15)16-6/h2,4,8,12,24H,1,3H2,(H2,15,16)(H,17,20)(H,22,23)/t8-,12?/m1/s1. The summed E-state index contributed by atoms with van der Waals surface area (Å²) < 4.78 is 0. The molecule has 2 amide bonds. The van der Waals surface area contributed by atoms with Crippen molar-refractivity contribution in [1.82, 2.24) is 15.2 Å². The molecular formula is C14H13N5O5S2. The second-order valence-electron chi connectivity index (χ2n) is 5.26. The Labute approximate surface area is 155 Å². The van der Waals surface area contributed by atoms with Crippen molar-refractivity contribution in [3.8, 4) is 0 Å². The Kier molecular flexibility index (Phi) is 4.70. The van der Waals surface area contributed by atoms with E-state index in [0.29, 0.717) is 11.3 Å². The molecule has 1 unspecified atom stereocenters. The van der Waals surface area contributed by atoms with Gasteiger partial charge in [0, 0.05) is 11.1 Å². The van der Waals surface area contributed by atoms with Crippen LogP contribution in [-0.4, -0.2) is 60.9 Å². The SMILES string of the molecule is C=CC1=C(C(=O)O)N2C(=O)[C@@H](NC(=O)C(=NO)c3csc(N)n3)C2SC1. The first-order valence-electron chi connectivity index (χ1n) is 7.16. The molecule has 0 spiro atoms. The number of aromatic nitrogens is 1. The Bertz CT molecular complexity index is 877. The number of allylic oxidation sites excluding steroid dienone is 1. The summed E-state index contributed by atoms with van der Waals surface area (Å²) >= 11 is 2.37. The first kappa shape index (κ1) is 17.9. The van der Waals surface area contributed by atoms with E-state index in [1.807, 2.05) is 0 Å². The van der Waals surface area contributed by atoms with Gasteiger partial charge in [-0.15, -0.1) is 23.1 Å². The van der Waals surface area contributed by atoms with Crippen LogP contribution in [0, 0.1) is 0 Å². The van der Waals surface area contributed by atoms with E-state index in [4.69, 9.17) is 10.9 Å². The minimum atomic E-state index is -1.24. The zero-order valence-electron chi connectivity index (χ0n) is 13.1. The van der Waals surface area contributed by atoms with Gasteiger partial charge in [0.1, 0.15) is 22.8 Å². The fraction of sp³-hybridized carbons (Fsp3) is 0.214. The van der Waals surface area contributed by atoms with E-state index >= 15 is 0 Å².